The van der Waals surface area contributed by atoms with Crippen LogP contribution in [0.4, 0.5) is 0 Å². The van der Waals surface area contributed by atoms with E-state index in [4.69, 9.17) is 4.74 Å². The van der Waals surface area contributed by atoms with E-state index in [1.165, 1.54) is 22.7 Å². The Morgan fingerprint density at radius 2 is 2.09 bits per heavy atom. The summed E-state index contributed by atoms with van der Waals surface area (Å²) < 4.78 is 35.8. The molecule has 3 rings (SSSR count). The quantitative estimate of drug-likeness (QED) is 0.834. The first kappa shape index (κ1) is 16.0. The number of fused-ring (bicyclic) bond motifs is 1. The highest BCUT2D eigenvalue weighted by Crippen LogP contribution is 2.20. The van der Waals surface area contributed by atoms with Gasteiger partial charge in [-0.15, -0.1) is 0 Å². The normalized spacial score (nSPS) is 19.3. The number of hydrogen-bond donors (Lipinski definition) is 0. The average molecular weight is 336 g/mol. The Hall–Kier alpha value is -1.90. The van der Waals surface area contributed by atoms with Gasteiger partial charge in [0.25, 0.3) is 10.2 Å². The van der Waals surface area contributed by atoms with Gasteiger partial charge in [-0.05, 0) is 24.3 Å². The minimum atomic E-state index is -3.51. The molecule has 2 aromatic heterocycles. The van der Waals surface area contributed by atoms with Gasteiger partial charge in [0.15, 0.2) is 0 Å². The summed E-state index contributed by atoms with van der Waals surface area (Å²) in [6.07, 6.45) is 4.96. The van der Waals surface area contributed by atoms with Crippen molar-refractivity contribution in [3.8, 4) is 5.75 Å². The zero-order chi connectivity index (χ0) is 16.4. The number of hydrogen-bond acceptors (Lipinski definition) is 4. The Balaban J connectivity index is 1.89. The van der Waals surface area contributed by atoms with E-state index in [2.05, 4.69) is 4.98 Å². The lowest BCUT2D eigenvalue weighted by atomic mass is 10.3. The van der Waals surface area contributed by atoms with Crippen LogP contribution in [0.1, 0.15) is 5.69 Å². The molecule has 0 saturated carbocycles. The highest BCUT2D eigenvalue weighted by molar-refractivity contribution is 7.86. The van der Waals surface area contributed by atoms with Gasteiger partial charge in [0.05, 0.1) is 25.8 Å². The largest absolute Gasteiger partial charge is 0.486 e. The van der Waals surface area contributed by atoms with Gasteiger partial charge in [0, 0.05) is 32.2 Å². The third kappa shape index (κ3) is 3.39. The topological polar surface area (TPSA) is 67.7 Å². The van der Waals surface area contributed by atoms with Crippen LogP contribution in [0.2, 0.25) is 0 Å². The van der Waals surface area contributed by atoms with Gasteiger partial charge < -0.3 is 9.30 Å². The van der Waals surface area contributed by atoms with Crippen molar-refractivity contribution >= 4 is 10.2 Å². The first-order valence-electron chi connectivity index (χ1n) is 7.35. The number of nitrogens with zero attached hydrogens (tertiary/aromatic N) is 4. The van der Waals surface area contributed by atoms with E-state index in [0.717, 1.165) is 5.69 Å². The lowest BCUT2D eigenvalue weighted by Crippen LogP contribution is -2.44. The molecule has 124 valence electrons. The van der Waals surface area contributed by atoms with E-state index in [1.54, 1.807) is 18.5 Å². The Labute approximate surface area is 136 Å². The molecule has 7 nitrogen and oxygen atoms in total. The SMILES string of the molecule is CN(C)S(=O)(=O)N1Cc2cccn2CC(Oc2cccnc2)C1. The van der Waals surface area contributed by atoms with E-state index in [0.29, 0.717) is 18.8 Å². The molecular formula is C15H20N4O3S. The van der Waals surface area contributed by atoms with E-state index >= 15 is 0 Å². The van der Waals surface area contributed by atoms with E-state index in [-0.39, 0.29) is 12.6 Å². The Morgan fingerprint density at radius 1 is 1.26 bits per heavy atom. The molecule has 0 amide bonds. The van der Waals surface area contributed by atoms with Crippen molar-refractivity contribution < 1.29 is 13.2 Å². The van der Waals surface area contributed by atoms with Gasteiger partial charge in [0.1, 0.15) is 11.9 Å². The van der Waals surface area contributed by atoms with Crippen LogP contribution in [-0.2, 0) is 23.3 Å². The Morgan fingerprint density at radius 3 is 2.78 bits per heavy atom. The molecule has 0 saturated heterocycles. The summed E-state index contributed by atoms with van der Waals surface area (Å²) in [6, 6.07) is 7.47. The first-order valence-corrected chi connectivity index (χ1v) is 8.75. The summed E-state index contributed by atoms with van der Waals surface area (Å²) in [5.74, 6) is 0.635. The summed E-state index contributed by atoms with van der Waals surface area (Å²) >= 11 is 0. The number of rotatable bonds is 4. The molecule has 2 aromatic rings. The van der Waals surface area contributed by atoms with Crippen molar-refractivity contribution in [2.75, 3.05) is 20.6 Å². The fourth-order valence-corrected chi connectivity index (χ4v) is 3.72. The van der Waals surface area contributed by atoms with E-state index in [9.17, 15) is 8.42 Å². The first-order chi connectivity index (χ1) is 11.0. The fraction of sp³-hybridized carbons (Fsp3) is 0.400. The second kappa shape index (κ2) is 6.31. The van der Waals surface area contributed by atoms with E-state index in [1.807, 2.05) is 29.0 Å². The third-order valence-electron chi connectivity index (χ3n) is 3.79. The summed E-state index contributed by atoms with van der Waals surface area (Å²) in [5, 5.41) is 0. The Bertz CT molecular complexity index is 758. The van der Waals surface area contributed by atoms with Gasteiger partial charge in [-0.3, -0.25) is 4.98 Å². The van der Waals surface area contributed by atoms with Gasteiger partial charge in [0.2, 0.25) is 0 Å². The average Bonchev–Trinajstić information content (AvgIpc) is 2.87. The molecule has 0 aromatic carbocycles. The molecule has 8 heteroatoms. The van der Waals surface area contributed by atoms with E-state index < -0.39 is 10.2 Å². The summed E-state index contributed by atoms with van der Waals surface area (Å²) in [5.41, 5.74) is 0.952. The number of ether oxygens (including phenoxy) is 1. The van der Waals surface area contributed by atoms with Gasteiger partial charge in [-0.1, -0.05) is 0 Å². The Kier molecular flexibility index (Phi) is 4.38. The lowest BCUT2D eigenvalue weighted by molar-refractivity contribution is 0.158. The molecule has 1 atom stereocenters. The van der Waals surface area contributed by atoms with Crippen molar-refractivity contribution in [2.45, 2.75) is 19.2 Å². The zero-order valence-electron chi connectivity index (χ0n) is 13.2. The highest BCUT2D eigenvalue weighted by Gasteiger charge is 2.32. The van der Waals surface area contributed by atoms with Gasteiger partial charge in [-0.25, -0.2) is 0 Å². The summed E-state index contributed by atoms with van der Waals surface area (Å²) in [4.78, 5) is 4.03. The van der Waals surface area contributed by atoms with Crippen molar-refractivity contribution in [1.82, 2.24) is 18.2 Å². The predicted molar refractivity (Wildman–Crippen MR) is 86.1 cm³/mol. The molecule has 1 unspecified atom stereocenters. The molecular weight excluding hydrogens is 316 g/mol. The fourth-order valence-electron chi connectivity index (χ4n) is 2.61. The third-order valence-corrected chi connectivity index (χ3v) is 5.65. The van der Waals surface area contributed by atoms with Crippen LogP contribution in [0.25, 0.3) is 0 Å². The molecule has 0 bridgehead atoms. The van der Waals surface area contributed by atoms with Crippen molar-refractivity contribution in [3.63, 3.8) is 0 Å². The standard InChI is InChI=1S/C15H20N4O3S/c1-17(2)23(20,21)19-10-13-5-4-8-18(13)11-15(12-19)22-14-6-3-7-16-9-14/h3-9,15H,10-12H2,1-2H3. The number of aromatic nitrogens is 2. The van der Waals surface area contributed by atoms with Crippen LogP contribution >= 0.6 is 0 Å². The van der Waals surface area contributed by atoms with Crippen molar-refractivity contribution in [3.05, 3.63) is 48.5 Å². The molecule has 23 heavy (non-hydrogen) atoms. The van der Waals surface area contributed by atoms with Crippen LogP contribution in [0.15, 0.2) is 42.9 Å². The molecule has 0 spiro atoms. The summed E-state index contributed by atoms with van der Waals surface area (Å²) in [6.45, 7) is 1.22. The molecule has 0 aliphatic carbocycles. The van der Waals surface area contributed by atoms with Crippen molar-refractivity contribution in [1.29, 1.82) is 0 Å². The minimum absolute atomic E-state index is 0.289. The molecule has 3 heterocycles. The van der Waals surface area contributed by atoms with Crippen LogP contribution in [-0.4, -0.2) is 53.3 Å². The predicted octanol–water partition coefficient (Wildman–Crippen LogP) is 0.953. The van der Waals surface area contributed by atoms with Crippen LogP contribution in [0.3, 0.4) is 0 Å². The van der Waals surface area contributed by atoms with Crippen LogP contribution in [0, 0.1) is 0 Å². The maximum Gasteiger partial charge on any atom is 0.281 e. The van der Waals surface area contributed by atoms with Crippen LogP contribution < -0.4 is 4.74 Å². The van der Waals surface area contributed by atoms with Gasteiger partial charge in [-0.2, -0.15) is 17.0 Å². The number of pyridine rings is 1. The van der Waals surface area contributed by atoms with Gasteiger partial charge >= 0.3 is 0 Å². The van der Waals surface area contributed by atoms with Crippen molar-refractivity contribution in [2.24, 2.45) is 0 Å². The lowest BCUT2D eigenvalue weighted by Gasteiger charge is -2.26. The molecule has 0 radical (unpaired) electrons. The molecule has 0 fully saturated rings. The monoisotopic (exact) mass is 336 g/mol. The second-order valence-corrected chi connectivity index (χ2v) is 7.81. The maximum atomic E-state index is 12.5. The minimum Gasteiger partial charge on any atom is -0.486 e. The highest BCUT2D eigenvalue weighted by atomic mass is 32.2. The summed E-state index contributed by atoms with van der Waals surface area (Å²) in [7, 11) is -0.435. The second-order valence-electron chi connectivity index (χ2n) is 5.66. The van der Waals surface area contributed by atoms with Crippen LogP contribution in [0.5, 0.6) is 5.75 Å². The molecule has 1 aliphatic heterocycles. The molecule has 1 aliphatic rings. The zero-order valence-corrected chi connectivity index (χ0v) is 14.0. The smallest absolute Gasteiger partial charge is 0.281 e. The molecule has 0 N–H and O–H groups in total. The maximum absolute atomic E-state index is 12.5.